The number of fused-ring (bicyclic) bond motifs is 2. The summed E-state index contributed by atoms with van der Waals surface area (Å²) in [4.78, 5) is 28.3. The number of aromatic nitrogens is 3. The van der Waals surface area contributed by atoms with E-state index in [2.05, 4.69) is 4.98 Å². The van der Waals surface area contributed by atoms with Crippen LogP contribution in [0.25, 0.3) is 21.3 Å². The molecule has 0 saturated heterocycles. The number of hydrogen-bond acceptors (Lipinski definition) is 4. The van der Waals surface area contributed by atoms with Crippen LogP contribution in [0.3, 0.4) is 0 Å². The van der Waals surface area contributed by atoms with Crippen molar-refractivity contribution in [2.24, 2.45) is 0 Å². The van der Waals surface area contributed by atoms with Crippen molar-refractivity contribution in [1.29, 1.82) is 0 Å². The molecule has 0 radical (unpaired) electrons. The first-order valence-electron chi connectivity index (χ1n) is 7.38. The zero-order valence-corrected chi connectivity index (χ0v) is 13.4. The molecule has 120 valence electrons. The number of rotatable bonds is 4. The molecule has 2 heterocycles. The standard InChI is InChI=1S/C17H13N3O3S/c21-16(22)10-20-13-7-3-2-6-12(13)19(17(20)23)9-15-18-11-5-1-4-8-14(11)24-15/h1-8H,9-10H2,(H,21,22). The normalized spacial score (nSPS) is 11.3. The fourth-order valence-corrected chi connectivity index (χ4v) is 3.79. The van der Waals surface area contributed by atoms with E-state index in [1.54, 1.807) is 16.7 Å². The van der Waals surface area contributed by atoms with Crippen molar-refractivity contribution in [2.75, 3.05) is 0 Å². The molecule has 0 unspecified atom stereocenters. The predicted octanol–water partition coefficient (Wildman–Crippen LogP) is 2.55. The molecule has 2 aromatic carbocycles. The predicted molar refractivity (Wildman–Crippen MR) is 92.6 cm³/mol. The molecule has 0 aliphatic carbocycles. The van der Waals surface area contributed by atoms with E-state index in [1.807, 2.05) is 36.4 Å². The third kappa shape index (κ3) is 2.39. The maximum absolute atomic E-state index is 12.7. The lowest BCUT2D eigenvalue weighted by Crippen LogP contribution is -2.27. The van der Waals surface area contributed by atoms with Gasteiger partial charge in [0.25, 0.3) is 0 Å². The summed E-state index contributed by atoms with van der Waals surface area (Å²) in [6.45, 7) is -0.0303. The Labute approximate surface area is 140 Å². The molecule has 0 amide bonds. The van der Waals surface area contributed by atoms with Gasteiger partial charge in [-0.3, -0.25) is 13.9 Å². The van der Waals surface area contributed by atoms with Gasteiger partial charge in [0.1, 0.15) is 11.6 Å². The van der Waals surface area contributed by atoms with Crippen LogP contribution in [0.4, 0.5) is 0 Å². The van der Waals surface area contributed by atoms with E-state index in [1.165, 1.54) is 15.9 Å². The minimum Gasteiger partial charge on any atom is -0.480 e. The molecule has 4 rings (SSSR count). The zero-order chi connectivity index (χ0) is 16.7. The maximum atomic E-state index is 12.7. The molecule has 0 saturated carbocycles. The van der Waals surface area contributed by atoms with E-state index < -0.39 is 5.97 Å². The Morgan fingerprint density at radius 2 is 1.71 bits per heavy atom. The Bertz CT molecular complexity index is 1090. The van der Waals surface area contributed by atoms with Crippen LogP contribution in [0.15, 0.2) is 53.3 Å². The molecule has 0 atom stereocenters. The summed E-state index contributed by atoms with van der Waals surface area (Å²) in [5.41, 5.74) is 1.90. The molecule has 0 spiro atoms. The summed E-state index contributed by atoms with van der Waals surface area (Å²) in [5, 5.41) is 9.88. The average molecular weight is 339 g/mol. The SMILES string of the molecule is O=C(O)Cn1c(=O)n(Cc2nc3ccccc3s2)c2ccccc21. The van der Waals surface area contributed by atoms with Gasteiger partial charge in [0.05, 0.1) is 27.8 Å². The Morgan fingerprint density at radius 1 is 1.04 bits per heavy atom. The molecule has 0 aliphatic heterocycles. The molecule has 4 aromatic rings. The molecule has 6 nitrogen and oxygen atoms in total. The van der Waals surface area contributed by atoms with Crippen molar-refractivity contribution < 1.29 is 9.90 Å². The highest BCUT2D eigenvalue weighted by atomic mass is 32.1. The number of hydrogen-bond donors (Lipinski definition) is 1. The van der Waals surface area contributed by atoms with Crippen LogP contribution in [0, 0.1) is 0 Å². The van der Waals surface area contributed by atoms with E-state index in [4.69, 9.17) is 5.11 Å². The van der Waals surface area contributed by atoms with E-state index in [0.717, 1.165) is 15.2 Å². The van der Waals surface area contributed by atoms with Crippen LogP contribution in [0.1, 0.15) is 5.01 Å². The number of para-hydroxylation sites is 3. The van der Waals surface area contributed by atoms with Gasteiger partial charge in [-0.25, -0.2) is 9.78 Å². The minimum absolute atomic E-state index is 0.325. The van der Waals surface area contributed by atoms with E-state index >= 15 is 0 Å². The summed E-state index contributed by atoms with van der Waals surface area (Å²) in [5.74, 6) is -1.04. The summed E-state index contributed by atoms with van der Waals surface area (Å²) >= 11 is 1.54. The average Bonchev–Trinajstić information content (AvgIpc) is 3.09. The van der Waals surface area contributed by atoms with Gasteiger partial charge in [0.15, 0.2) is 0 Å². The van der Waals surface area contributed by atoms with Crippen molar-refractivity contribution in [3.05, 3.63) is 64.0 Å². The van der Waals surface area contributed by atoms with Crippen molar-refractivity contribution in [3.63, 3.8) is 0 Å². The minimum atomic E-state index is -1.04. The largest absolute Gasteiger partial charge is 0.480 e. The lowest BCUT2D eigenvalue weighted by atomic mass is 10.3. The number of nitrogens with zero attached hydrogens (tertiary/aromatic N) is 3. The number of thiazole rings is 1. The van der Waals surface area contributed by atoms with Crippen LogP contribution in [0.2, 0.25) is 0 Å². The summed E-state index contributed by atoms with van der Waals surface area (Å²) in [6.07, 6.45) is 0. The summed E-state index contributed by atoms with van der Waals surface area (Å²) in [6, 6.07) is 15.0. The number of carboxylic acids is 1. The zero-order valence-electron chi connectivity index (χ0n) is 12.5. The van der Waals surface area contributed by atoms with Gasteiger partial charge in [-0.05, 0) is 24.3 Å². The fraction of sp³-hybridized carbons (Fsp3) is 0.118. The number of aliphatic carboxylic acids is 1. The quantitative estimate of drug-likeness (QED) is 0.620. The highest BCUT2D eigenvalue weighted by molar-refractivity contribution is 7.18. The van der Waals surface area contributed by atoms with Gasteiger partial charge < -0.3 is 5.11 Å². The van der Waals surface area contributed by atoms with Gasteiger partial charge in [-0.1, -0.05) is 24.3 Å². The van der Waals surface area contributed by atoms with Crippen LogP contribution < -0.4 is 5.69 Å². The lowest BCUT2D eigenvalue weighted by molar-refractivity contribution is -0.137. The molecule has 2 aromatic heterocycles. The van der Waals surface area contributed by atoms with Crippen molar-refractivity contribution in [3.8, 4) is 0 Å². The molecule has 0 bridgehead atoms. The highest BCUT2D eigenvalue weighted by Crippen LogP contribution is 2.23. The van der Waals surface area contributed by atoms with E-state index in [0.29, 0.717) is 17.6 Å². The smallest absolute Gasteiger partial charge is 0.330 e. The number of carboxylic acid groups (broad SMARTS) is 1. The van der Waals surface area contributed by atoms with Crippen LogP contribution in [-0.2, 0) is 17.9 Å². The monoisotopic (exact) mass is 339 g/mol. The Morgan fingerprint density at radius 3 is 2.42 bits per heavy atom. The number of imidazole rings is 1. The van der Waals surface area contributed by atoms with Crippen molar-refractivity contribution in [1.82, 2.24) is 14.1 Å². The maximum Gasteiger partial charge on any atom is 0.330 e. The molecule has 7 heteroatoms. The molecular weight excluding hydrogens is 326 g/mol. The van der Waals surface area contributed by atoms with Gasteiger partial charge in [0.2, 0.25) is 0 Å². The third-order valence-electron chi connectivity index (χ3n) is 3.85. The number of benzene rings is 2. The molecule has 0 aliphatic rings. The first kappa shape index (κ1) is 14.6. The lowest BCUT2D eigenvalue weighted by Gasteiger charge is -1.99. The molecular formula is C17H13N3O3S. The van der Waals surface area contributed by atoms with Crippen LogP contribution >= 0.6 is 11.3 Å². The van der Waals surface area contributed by atoms with Crippen LogP contribution in [0.5, 0.6) is 0 Å². The molecule has 0 fully saturated rings. The second kappa shape index (κ2) is 5.61. The van der Waals surface area contributed by atoms with Gasteiger partial charge in [-0.15, -0.1) is 11.3 Å². The summed E-state index contributed by atoms with van der Waals surface area (Å²) in [7, 11) is 0. The third-order valence-corrected chi connectivity index (χ3v) is 4.87. The van der Waals surface area contributed by atoms with E-state index in [9.17, 15) is 9.59 Å². The second-order valence-corrected chi connectivity index (χ2v) is 6.53. The van der Waals surface area contributed by atoms with Crippen molar-refractivity contribution in [2.45, 2.75) is 13.1 Å². The molecule has 1 N–H and O–H groups in total. The van der Waals surface area contributed by atoms with Gasteiger partial charge >= 0.3 is 11.7 Å². The first-order valence-corrected chi connectivity index (χ1v) is 8.19. The van der Waals surface area contributed by atoms with Crippen LogP contribution in [-0.4, -0.2) is 25.2 Å². The Kier molecular flexibility index (Phi) is 3.42. The topological polar surface area (TPSA) is 77.1 Å². The van der Waals surface area contributed by atoms with Gasteiger partial charge in [-0.2, -0.15) is 0 Å². The van der Waals surface area contributed by atoms with Gasteiger partial charge in [0, 0.05) is 0 Å². The highest BCUT2D eigenvalue weighted by Gasteiger charge is 2.16. The van der Waals surface area contributed by atoms with E-state index in [-0.39, 0.29) is 12.2 Å². The fourth-order valence-electron chi connectivity index (χ4n) is 2.84. The second-order valence-electron chi connectivity index (χ2n) is 5.41. The number of carbonyl (C=O) groups is 1. The first-order chi connectivity index (χ1) is 11.6. The Balaban J connectivity index is 1.85. The molecule has 24 heavy (non-hydrogen) atoms. The Hall–Kier alpha value is -2.93. The van der Waals surface area contributed by atoms with Crippen molar-refractivity contribution >= 4 is 38.6 Å². The summed E-state index contributed by atoms with van der Waals surface area (Å²) < 4.78 is 3.93.